The van der Waals surface area contributed by atoms with E-state index in [2.05, 4.69) is 53.3 Å². The van der Waals surface area contributed by atoms with Crippen molar-refractivity contribution in [3.05, 3.63) is 51.5 Å². The van der Waals surface area contributed by atoms with Gasteiger partial charge < -0.3 is 10.4 Å². The van der Waals surface area contributed by atoms with Crippen LogP contribution in [0.25, 0.3) is 0 Å². The third-order valence-corrected chi connectivity index (χ3v) is 5.60. The van der Waals surface area contributed by atoms with E-state index in [0.717, 1.165) is 9.37 Å². The van der Waals surface area contributed by atoms with Crippen molar-refractivity contribution in [2.45, 2.75) is 29.7 Å². The molecule has 0 spiro atoms. The van der Waals surface area contributed by atoms with Gasteiger partial charge in [0.05, 0.1) is 0 Å². The lowest BCUT2D eigenvalue weighted by Gasteiger charge is -2.10. The fourth-order valence-corrected chi connectivity index (χ4v) is 3.91. The first-order chi connectivity index (χ1) is 9.95. The first-order valence-electron chi connectivity index (χ1n) is 6.53. The summed E-state index contributed by atoms with van der Waals surface area (Å²) in [6, 6.07) is 10.1. The second-order valence-corrected chi connectivity index (χ2v) is 7.07. The Kier molecular flexibility index (Phi) is 3.82. The molecule has 3 nitrogen and oxygen atoms in total. The molecule has 1 heterocycles. The summed E-state index contributed by atoms with van der Waals surface area (Å²) in [4.78, 5) is 13.7. The normalized spacial score (nSPS) is 16.8. The van der Waals surface area contributed by atoms with Gasteiger partial charge in [-0.15, -0.1) is 0 Å². The molecule has 2 N–H and O–H groups in total. The zero-order valence-electron chi connectivity index (χ0n) is 11.6. The van der Waals surface area contributed by atoms with Gasteiger partial charge in [0.25, 0.3) is 5.91 Å². The van der Waals surface area contributed by atoms with E-state index < -0.39 is 6.10 Å². The van der Waals surface area contributed by atoms with E-state index in [1.54, 1.807) is 11.8 Å². The third kappa shape index (κ3) is 2.73. The monoisotopic (exact) mass is 363 g/mol. The summed E-state index contributed by atoms with van der Waals surface area (Å²) < 4.78 is 0.878. The standard InChI is InChI=1S/C16H14BrNO2S/c1-8-3-4-9(2)13(5-8)21-14-7-12-10(6-11(14)17)15(19)16(20)18-12/h3-7,15,19H,1-2H3,(H,18,20). The molecule has 5 heteroatoms. The number of amides is 1. The zero-order chi connectivity index (χ0) is 15.1. The molecule has 2 aromatic carbocycles. The number of carbonyl (C=O) groups is 1. The molecule has 0 saturated carbocycles. The Balaban J connectivity index is 1.99. The lowest BCUT2D eigenvalue weighted by atomic mass is 10.1. The molecule has 21 heavy (non-hydrogen) atoms. The van der Waals surface area contributed by atoms with Crippen molar-refractivity contribution >= 4 is 39.3 Å². The molecule has 108 valence electrons. The molecule has 0 radical (unpaired) electrons. The molecular formula is C16H14BrNO2S. The van der Waals surface area contributed by atoms with Gasteiger partial charge in [-0.1, -0.05) is 23.9 Å². The number of carbonyl (C=O) groups excluding carboxylic acids is 1. The summed E-state index contributed by atoms with van der Waals surface area (Å²) in [5.41, 5.74) is 3.73. The van der Waals surface area contributed by atoms with Crippen LogP contribution in [0, 0.1) is 13.8 Å². The second kappa shape index (κ2) is 5.48. The fraction of sp³-hybridized carbons (Fsp3) is 0.188. The summed E-state index contributed by atoms with van der Waals surface area (Å²) in [6.07, 6.45) is -1.07. The first-order valence-corrected chi connectivity index (χ1v) is 8.14. The highest BCUT2D eigenvalue weighted by molar-refractivity contribution is 9.10. The average molecular weight is 364 g/mol. The van der Waals surface area contributed by atoms with Crippen LogP contribution in [0.2, 0.25) is 0 Å². The van der Waals surface area contributed by atoms with Crippen LogP contribution < -0.4 is 5.32 Å². The lowest BCUT2D eigenvalue weighted by Crippen LogP contribution is -2.10. The van der Waals surface area contributed by atoms with Gasteiger partial charge in [0.2, 0.25) is 0 Å². The van der Waals surface area contributed by atoms with Crippen LogP contribution >= 0.6 is 27.7 Å². The predicted molar refractivity (Wildman–Crippen MR) is 87.8 cm³/mol. The Bertz CT molecular complexity index is 745. The van der Waals surface area contributed by atoms with E-state index in [0.29, 0.717) is 11.3 Å². The topological polar surface area (TPSA) is 49.3 Å². The number of fused-ring (bicyclic) bond motifs is 1. The fourth-order valence-electron chi connectivity index (χ4n) is 2.26. The molecule has 0 aliphatic carbocycles. The van der Waals surface area contributed by atoms with Crippen LogP contribution in [0.5, 0.6) is 0 Å². The number of hydrogen-bond acceptors (Lipinski definition) is 3. The van der Waals surface area contributed by atoms with Gasteiger partial charge in [0.1, 0.15) is 0 Å². The number of aliphatic hydroxyl groups excluding tert-OH is 1. The second-order valence-electron chi connectivity index (χ2n) is 5.13. The molecule has 1 unspecified atom stereocenters. The van der Waals surface area contributed by atoms with Crippen LogP contribution in [0.4, 0.5) is 5.69 Å². The maximum atomic E-state index is 11.5. The maximum absolute atomic E-state index is 11.5. The van der Waals surface area contributed by atoms with Crippen molar-refractivity contribution in [2.24, 2.45) is 0 Å². The molecule has 1 amide bonds. The number of aryl methyl sites for hydroxylation is 2. The number of nitrogens with one attached hydrogen (secondary N) is 1. The van der Waals surface area contributed by atoms with E-state index >= 15 is 0 Å². The highest BCUT2D eigenvalue weighted by Gasteiger charge is 2.29. The van der Waals surface area contributed by atoms with Crippen LogP contribution in [-0.4, -0.2) is 11.0 Å². The minimum absolute atomic E-state index is 0.370. The first kappa shape index (κ1) is 14.6. The van der Waals surface area contributed by atoms with E-state index in [1.165, 1.54) is 16.0 Å². The highest BCUT2D eigenvalue weighted by Crippen LogP contribution is 2.42. The highest BCUT2D eigenvalue weighted by atomic mass is 79.9. The molecule has 0 aromatic heterocycles. The molecular weight excluding hydrogens is 350 g/mol. The number of hydrogen-bond donors (Lipinski definition) is 2. The molecule has 1 atom stereocenters. The number of anilines is 1. The smallest absolute Gasteiger partial charge is 0.257 e. The van der Waals surface area contributed by atoms with Gasteiger partial charge in [0.15, 0.2) is 6.10 Å². The minimum Gasteiger partial charge on any atom is -0.378 e. The molecule has 1 aliphatic rings. The number of benzene rings is 2. The molecule has 1 aliphatic heterocycles. The Morgan fingerprint density at radius 2 is 1.95 bits per heavy atom. The molecule has 2 aromatic rings. The average Bonchev–Trinajstić information content (AvgIpc) is 2.70. The van der Waals surface area contributed by atoms with Crippen molar-refractivity contribution in [3.63, 3.8) is 0 Å². The van der Waals surface area contributed by atoms with Crippen molar-refractivity contribution in [1.82, 2.24) is 0 Å². The molecule has 3 rings (SSSR count). The van der Waals surface area contributed by atoms with Gasteiger partial charge in [-0.05, 0) is 59.1 Å². The van der Waals surface area contributed by atoms with Crippen LogP contribution in [0.15, 0.2) is 44.6 Å². The molecule has 0 fully saturated rings. The van der Waals surface area contributed by atoms with Gasteiger partial charge in [0, 0.05) is 25.5 Å². The minimum atomic E-state index is -1.07. The zero-order valence-corrected chi connectivity index (χ0v) is 14.0. The quantitative estimate of drug-likeness (QED) is 0.840. The van der Waals surface area contributed by atoms with Gasteiger partial charge in [-0.2, -0.15) is 0 Å². The van der Waals surface area contributed by atoms with Crippen LogP contribution in [0.1, 0.15) is 22.8 Å². The summed E-state index contributed by atoms with van der Waals surface area (Å²) in [7, 11) is 0. The molecule has 0 bridgehead atoms. The Morgan fingerprint density at radius 3 is 2.71 bits per heavy atom. The van der Waals surface area contributed by atoms with E-state index in [-0.39, 0.29) is 5.91 Å². The predicted octanol–water partition coefficient (Wildman–Crippen LogP) is 4.20. The molecule has 0 saturated heterocycles. The Morgan fingerprint density at radius 1 is 1.19 bits per heavy atom. The van der Waals surface area contributed by atoms with Crippen molar-refractivity contribution in [1.29, 1.82) is 0 Å². The number of halogens is 1. The summed E-state index contributed by atoms with van der Waals surface area (Å²) in [5.74, 6) is -0.370. The van der Waals surface area contributed by atoms with Crippen LogP contribution in [-0.2, 0) is 4.79 Å². The summed E-state index contributed by atoms with van der Waals surface area (Å²) in [5, 5.41) is 12.5. The summed E-state index contributed by atoms with van der Waals surface area (Å²) in [6.45, 7) is 4.15. The lowest BCUT2D eigenvalue weighted by molar-refractivity contribution is -0.123. The largest absolute Gasteiger partial charge is 0.378 e. The Hall–Kier alpha value is -1.30. The van der Waals surface area contributed by atoms with Gasteiger partial charge in [-0.25, -0.2) is 0 Å². The van der Waals surface area contributed by atoms with E-state index in [1.807, 2.05) is 12.1 Å². The van der Waals surface area contributed by atoms with Crippen molar-refractivity contribution in [3.8, 4) is 0 Å². The SMILES string of the molecule is Cc1ccc(C)c(Sc2cc3c(cc2Br)C(O)C(=O)N3)c1. The summed E-state index contributed by atoms with van der Waals surface area (Å²) >= 11 is 5.17. The van der Waals surface area contributed by atoms with E-state index in [4.69, 9.17) is 0 Å². The van der Waals surface area contributed by atoms with E-state index in [9.17, 15) is 9.90 Å². The third-order valence-electron chi connectivity index (χ3n) is 3.47. The van der Waals surface area contributed by atoms with Gasteiger partial charge >= 0.3 is 0 Å². The maximum Gasteiger partial charge on any atom is 0.257 e. The number of aliphatic hydroxyl groups is 1. The van der Waals surface area contributed by atoms with Crippen molar-refractivity contribution in [2.75, 3.05) is 5.32 Å². The van der Waals surface area contributed by atoms with Gasteiger partial charge in [-0.3, -0.25) is 4.79 Å². The Labute approximate surface area is 135 Å². The van der Waals surface area contributed by atoms with Crippen LogP contribution in [0.3, 0.4) is 0 Å². The number of rotatable bonds is 2. The van der Waals surface area contributed by atoms with Crippen molar-refractivity contribution < 1.29 is 9.90 Å².